The lowest BCUT2D eigenvalue weighted by Gasteiger charge is -2.30. The molecule has 0 spiro atoms. The molecule has 0 aromatic heterocycles. The third-order valence-electron chi connectivity index (χ3n) is 9.46. The topological polar surface area (TPSA) is 17.1 Å². The van der Waals surface area contributed by atoms with Crippen LogP contribution >= 0.6 is 0 Å². The number of hydrogen-bond acceptors (Lipinski definition) is 1. The summed E-state index contributed by atoms with van der Waals surface area (Å²) in [5.74, 6) is 1.41. The molecule has 0 aliphatic heterocycles. The van der Waals surface area contributed by atoms with E-state index in [0.717, 1.165) is 29.9 Å². The number of ketones is 1. The van der Waals surface area contributed by atoms with Crippen LogP contribution in [0.3, 0.4) is 0 Å². The summed E-state index contributed by atoms with van der Waals surface area (Å²) in [5, 5.41) is 0. The molecule has 3 rings (SSSR count). The van der Waals surface area contributed by atoms with E-state index < -0.39 is 0 Å². The van der Waals surface area contributed by atoms with E-state index in [4.69, 9.17) is 0 Å². The summed E-state index contributed by atoms with van der Waals surface area (Å²) < 4.78 is 0. The lowest BCUT2D eigenvalue weighted by molar-refractivity contribution is -0.120. The molecule has 0 saturated heterocycles. The van der Waals surface area contributed by atoms with Gasteiger partial charge in [-0.1, -0.05) is 133 Å². The first-order valence-corrected chi connectivity index (χ1v) is 16.0. The van der Waals surface area contributed by atoms with Crippen molar-refractivity contribution >= 4 is 11.4 Å². The number of Topliss-reactive ketones (excluding diaryl/α,β-unsaturated/α-hetero) is 1. The van der Waals surface area contributed by atoms with Gasteiger partial charge < -0.3 is 0 Å². The fourth-order valence-electron chi connectivity index (χ4n) is 6.57. The van der Waals surface area contributed by atoms with Gasteiger partial charge in [0.25, 0.3) is 0 Å². The second-order valence-electron chi connectivity index (χ2n) is 13.5. The van der Waals surface area contributed by atoms with Crippen molar-refractivity contribution in [1.29, 1.82) is 0 Å². The maximum atomic E-state index is 14.0. The molecular weight excluding hydrogens is 472 g/mol. The van der Waals surface area contributed by atoms with Crippen LogP contribution in [0.1, 0.15) is 141 Å². The smallest absolute Gasteiger partial charge is 0.141 e. The largest absolute Gasteiger partial charge is 0.299 e. The summed E-state index contributed by atoms with van der Waals surface area (Å²) in [6, 6.07) is 8.59. The quantitative estimate of drug-likeness (QED) is 0.163. The molecule has 1 saturated carbocycles. The first-order chi connectivity index (χ1) is 18.6. The molecule has 0 amide bonds. The second-order valence-corrected chi connectivity index (χ2v) is 13.5. The number of unbranched alkanes of at least 4 members (excludes halogenated alkanes) is 2. The molecule has 0 heterocycles. The van der Waals surface area contributed by atoms with Crippen molar-refractivity contribution < 1.29 is 4.79 Å². The first kappa shape index (κ1) is 31.4. The fraction of sp³-hybridized carbons (Fsp3) is 0.605. The van der Waals surface area contributed by atoms with Crippen molar-refractivity contribution in [3.05, 3.63) is 77.9 Å². The van der Waals surface area contributed by atoms with E-state index in [-0.39, 0.29) is 11.3 Å². The molecule has 2 aliphatic rings. The van der Waals surface area contributed by atoms with Gasteiger partial charge in [0, 0.05) is 12.3 Å². The van der Waals surface area contributed by atoms with Crippen LogP contribution < -0.4 is 0 Å². The summed E-state index contributed by atoms with van der Waals surface area (Å²) in [5.41, 5.74) is 7.50. The molecule has 2 unspecified atom stereocenters. The van der Waals surface area contributed by atoms with Gasteiger partial charge >= 0.3 is 0 Å². The highest BCUT2D eigenvalue weighted by Gasteiger charge is 2.29. The standard InChI is InChI=1S/C38H56O/c1-8-9-11-19-32-20-16-21-33(32)26-28(2)24-25-37(39)36(27-29(3)38(5,6)7)35-23-15-14-22-34(35)30(4)31-17-12-10-13-18-31/h14-15,21-23,31-32,36H,2-4,8-13,16-20,24-27H2,1,5-7H3. The zero-order valence-corrected chi connectivity index (χ0v) is 25.8. The minimum absolute atomic E-state index is 0.0286. The molecule has 1 heteroatoms. The highest BCUT2D eigenvalue weighted by molar-refractivity contribution is 5.88. The van der Waals surface area contributed by atoms with E-state index >= 15 is 0 Å². The molecule has 214 valence electrons. The van der Waals surface area contributed by atoms with Crippen molar-refractivity contribution in [1.82, 2.24) is 0 Å². The van der Waals surface area contributed by atoms with Crippen LogP contribution in [0.2, 0.25) is 0 Å². The van der Waals surface area contributed by atoms with Crippen molar-refractivity contribution in [2.45, 2.75) is 130 Å². The number of allylic oxidation sites excluding steroid dienone is 5. The predicted octanol–water partition coefficient (Wildman–Crippen LogP) is 11.6. The first-order valence-electron chi connectivity index (χ1n) is 16.0. The Balaban J connectivity index is 1.73. The summed E-state index contributed by atoms with van der Waals surface area (Å²) in [4.78, 5) is 14.0. The number of benzene rings is 1. The average Bonchev–Trinajstić information content (AvgIpc) is 3.36. The Morgan fingerprint density at radius 3 is 2.38 bits per heavy atom. The van der Waals surface area contributed by atoms with Crippen LogP contribution in [-0.4, -0.2) is 5.78 Å². The van der Waals surface area contributed by atoms with Crippen LogP contribution in [-0.2, 0) is 4.79 Å². The van der Waals surface area contributed by atoms with Crippen LogP contribution in [0.25, 0.3) is 5.57 Å². The Labute approximate surface area is 241 Å². The van der Waals surface area contributed by atoms with Gasteiger partial charge in [0.05, 0.1) is 0 Å². The zero-order chi connectivity index (χ0) is 28.4. The van der Waals surface area contributed by atoms with E-state index in [2.05, 4.69) is 77.8 Å². The number of carbonyl (C=O) groups is 1. The van der Waals surface area contributed by atoms with Gasteiger partial charge in [-0.05, 0) is 85.3 Å². The second kappa shape index (κ2) is 15.0. The molecule has 0 radical (unpaired) electrons. The van der Waals surface area contributed by atoms with Gasteiger partial charge in [-0.3, -0.25) is 4.79 Å². The average molecular weight is 529 g/mol. The summed E-state index contributed by atoms with van der Waals surface area (Å²) in [6.07, 6.45) is 19.5. The van der Waals surface area contributed by atoms with Crippen LogP contribution in [0.15, 0.2) is 66.8 Å². The SMILES string of the molecule is C=C(CCC(=O)C(CC(=C)C(C)(C)C)c1ccccc1C(=C)C1CCCCC1)CC1=CCCC1CCCCC. The molecule has 1 nitrogen and oxygen atoms in total. The van der Waals surface area contributed by atoms with E-state index in [1.54, 1.807) is 5.57 Å². The van der Waals surface area contributed by atoms with E-state index in [1.165, 1.54) is 87.3 Å². The maximum Gasteiger partial charge on any atom is 0.141 e. The van der Waals surface area contributed by atoms with Crippen molar-refractivity contribution in [2.75, 3.05) is 0 Å². The van der Waals surface area contributed by atoms with Crippen LogP contribution in [0.5, 0.6) is 0 Å². The van der Waals surface area contributed by atoms with Crippen molar-refractivity contribution in [3.63, 3.8) is 0 Å². The van der Waals surface area contributed by atoms with Gasteiger partial charge in [0.15, 0.2) is 0 Å². The minimum Gasteiger partial charge on any atom is -0.299 e. The lowest BCUT2D eigenvalue weighted by atomic mass is 9.74. The summed E-state index contributed by atoms with van der Waals surface area (Å²) >= 11 is 0. The Bertz CT molecular complexity index is 1020. The van der Waals surface area contributed by atoms with Gasteiger partial charge in [-0.15, -0.1) is 0 Å². The number of rotatable bonds is 15. The third-order valence-corrected chi connectivity index (χ3v) is 9.46. The van der Waals surface area contributed by atoms with E-state index in [9.17, 15) is 4.79 Å². The van der Waals surface area contributed by atoms with Crippen molar-refractivity contribution in [3.8, 4) is 0 Å². The summed E-state index contributed by atoms with van der Waals surface area (Å²) in [6.45, 7) is 22.4. The number of hydrogen-bond donors (Lipinski definition) is 0. The van der Waals surface area contributed by atoms with Gasteiger partial charge in [0.1, 0.15) is 5.78 Å². The predicted molar refractivity (Wildman–Crippen MR) is 171 cm³/mol. The third kappa shape index (κ3) is 9.19. The number of carbonyl (C=O) groups excluding carboxylic acids is 1. The van der Waals surface area contributed by atoms with E-state index in [0.29, 0.717) is 24.5 Å². The normalized spacial score (nSPS) is 19.0. The maximum absolute atomic E-state index is 14.0. The molecule has 1 aromatic carbocycles. The molecule has 0 N–H and O–H groups in total. The molecule has 39 heavy (non-hydrogen) atoms. The van der Waals surface area contributed by atoms with E-state index in [1.807, 2.05) is 0 Å². The lowest BCUT2D eigenvalue weighted by Crippen LogP contribution is -2.20. The molecular formula is C38H56O. The molecule has 0 bridgehead atoms. The molecule has 1 aromatic rings. The van der Waals surface area contributed by atoms with Gasteiger partial charge in [-0.25, -0.2) is 0 Å². The minimum atomic E-state index is -0.173. The highest BCUT2D eigenvalue weighted by Crippen LogP contribution is 2.41. The molecule has 2 aliphatic carbocycles. The fourth-order valence-corrected chi connectivity index (χ4v) is 6.57. The zero-order valence-electron chi connectivity index (χ0n) is 25.8. The Morgan fingerprint density at radius 2 is 1.69 bits per heavy atom. The Hall–Kier alpha value is -2.15. The van der Waals surface area contributed by atoms with Crippen molar-refractivity contribution in [2.24, 2.45) is 17.3 Å². The van der Waals surface area contributed by atoms with Gasteiger partial charge in [0.2, 0.25) is 0 Å². The van der Waals surface area contributed by atoms with Crippen LogP contribution in [0, 0.1) is 17.3 Å². The Kier molecular flexibility index (Phi) is 12.1. The molecule has 1 fully saturated rings. The monoisotopic (exact) mass is 528 g/mol. The highest BCUT2D eigenvalue weighted by atomic mass is 16.1. The summed E-state index contributed by atoms with van der Waals surface area (Å²) in [7, 11) is 0. The van der Waals surface area contributed by atoms with Gasteiger partial charge in [-0.2, -0.15) is 0 Å². The Morgan fingerprint density at radius 1 is 0.974 bits per heavy atom. The van der Waals surface area contributed by atoms with Crippen LogP contribution in [0.4, 0.5) is 0 Å². The molecule has 2 atom stereocenters.